The van der Waals surface area contributed by atoms with Crippen LogP contribution in [0.15, 0.2) is 59.1 Å². The van der Waals surface area contributed by atoms with Crippen molar-refractivity contribution < 1.29 is 18.8 Å². The van der Waals surface area contributed by atoms with Gasteiger partial charge in [-0.15, -0.1) is 0 Å². The van der Waals surface area contributed by atoms with E-state index in [4.69, 9.17) is 14.0 Å². The smallest absolute Gasteiger partial charge is 0.261 e. The zero-order valence-corrected chi connectivity index (χ0v) is 17.7. The Bertz CT molecular complexity index is 1060. The minimum absolute atomic E-state index is 0.0195. The van der Waals surface area contributed by atoms with Gasteiger partial charge in [0.15, 0.2) is 5.82 Å². The molecular weight excluding hydrogens is 394 g/mol. The Balaban J connectivity index is 1.43. The van der Waals surface area contributed by atoms with E-state index in [1.54, 1.807) is 20.3 Å². The van der Waals surface area contributed by atoms with E-state index in [0.717, 1.165) is 36.3 Å². The Morgan fingerprint density at radius 3 is 2.71 bits per heavy atom. The minimum Gasteiger partial charge on any atom is -0.497 e. The van der Waals surface area contributed by atoms with Gasteiger partial charge in [0, 0.05) is 25.1 Å². The quantitative estimate of drug-likeness (QED) is 0.558. The minimum atomic E-state index is -0.0195. The highest BCUT2D eigenvalue weighted by atomic mass is 16.5. The van der Waals surface area contributed by atoms with E-state index in [1.165, 1.54) is 0 Å². The number of aromatic nitrogens is 2. The monoisotopic (exact) mass is 419 g/mol. The van der Waals surface area contributed by atoms with Crippen LogP contribution in [0.25, 0.3) is 17.5 Å². The molecule has 2 aromatic carbocycles. The van der Waals surface area contributed by atoms with Crippen LogP contribution in [0.1, 0.15) is 30.1 Å². The number of ether oxygens (including phenoxy) is 2. The molecule has 0 spiro atoms. The van der Waals surface area contributed by atoms with Crippen molar-refractivity contribution in [1.29, 1.82) is 0 Å². The van der Waals surface area contributed by atoms with Crippen LogP contribution in [0, 0.1) is 0 Å². The average Bonchev–Trinajstić information content (AvgIpc) is 3.33. The highest BCUT2D eigenvalue weighted by molar-refractivity contribution is 5.91. The van der Waals surface area contributed by atoms with Crippen molar-refractivity contribution in [3.63, 3.8) is 0 Å². The largest absolute Gasteiger partial charge is 0.497 e. The summed E-state index contributed by atoms with van der Waals surface area (Å²) in [6.45, 7) is 1.29. The molecule has 31 heavy (non-hydrogen) atoms. The van der Waals surface area contributed by atoms with Gasteiger partial charge in [0.05, 0.1) is 19.8 Å². The molecule has 3 aromatic rings. The molecular formula is C24H25N3O4. The maximum Gasteiger partial charge on any atom is 0.261 e. The van der Waals surface area contributed by atoms with E-state index < -0.39 is 0 Å². The molecule has 160 valence electrons. The van der Waals surface area contributed by atoms with Gasteiger partial charge in [-0.1, -0.05) is 29.4 Å². The molecule has 7 nitrogen and oxygen atoms in total. The number of piperidine rings is 1. The summed E-state index contributed by atoms with van der Waals surface area (Å²) >= 11 is 0. The number of nitrogens with zero attached hydrogens (tertiary/aromatic N) is 3. The Morgan fingerprint density at radius 2 is 1.94 bits per heavy atom. The first kappa shape index (κ1) is 20.7. The van der Waals surface area contributed by atoms with Crippen molar-refractivity contribution in [1.82, 2.24) is 15.0 Å². The first-order valence-electron chi connectivity index (χ1n) is 10.3. The molecule has 0 N–H and O–H groups in total. The summed E-state index contributed by atoms with van der Waals surface area (Å²) in [6, 6.07) is 15.1. The van der Waals surface area contributed by atoms with E-state index >= 15 is 0 Å². The number of hydrogen-bond acceptors (Lipinski definition) is 6. The fraction of sp³-hybridized carbons (Fsp3) is 0.292. The number of para-hydroxylation sites is 1. The number of likely N-dealkylation sites (tertiary alicyclic amines) is 1. The van der Waals surface area contributed by atoms with Gasteiger partial charge < -0.3 is 18.9 Å². The van der Waals surface area contributed by atoms with Crippen LogP contribution in [0.3, 0.4) is 0 Å². The lowest BCUT2D eigenvalue weighted by Gasteiger charge is -2.30. The van der Waals surface area contributed by atoms with Crippen molar-refractivity contribution >= 4 is 12.0 Å². The van der Waals surface area contributed by atoms with Crippen LogP contribution in [-0.2, 0) is 4.79 Å². The highest BCUT2D eigenvalue weighted by Crippen LogP contribution is 2.31. The van der Waals surface area contributed by atoms with Crippen LogP contribution in [-0.4, -0.2) is 48.3 Å². The van der Waals surface area contributed by atoms with Gasteiger partial charge in [-0.05, 0) is 48.7 Å². The summed E-state index contributed by atoms with van der Waals surface area (Å²) in [5.74, 6) is 2.54. The summed E-state index contributed by atoms with van der Waals surface area (Å²) in [5.41, 5.74) is 1.71. The molecule has 1 atom stereocenters. The van der Waals surface area contributed by atoms with Gasteiger partial charge in [-0.2, -0.15) is 4.98 Å². The van der Waals surface area contributed by atoms with Gasteiger partial charge in [0.25, 0.3) is 5.89 Å². The van der Waals surface area contributed by atoms with Crippen molar-refractivity contribution in [2.75, 3.05) is 27.3 Å². The van der Waals surface area contributed by atoms with E-state index in [-0.39, 0.29) is 11.8 Å². The van der Waals surface area contributed by atoms with E-state index in [2.05, 4.69) is 10.1 Å². The van der Waals surface area contributed by atoms with E-state index in [0.29, 0.717) is 24.0 Å². The van der Waals surface area contributed by atoms with Crippen LogP contribution in [0.4, 0.5) is 0 Å². The molecule has 1 amide bonds. The van der Waals surface area contributed by atoms with Crippen LogP contribution >= 0.6 is 0 Å². The second-order valence-electron chi connectivity index (χ2n) is 7.39. The van der Waals surface area contributed by atoms with Crippen molar-refractivity contribution in [2.24, 2.45) is 0 Å². The first-order chi connectivity index (χ1) is 15.2. The molecule has 1 fully saturated rings. The zero-order chi connectivity index (χ0) is 21.6. The van der Waals surface area contributed by atoms with Crippen molar-refractivity contribution in [3.8, 4) is 23.0 Å². The lowest BCUT2D eigenvalue weighted by atomic mass is 9.97. The van der Waals surface area contributed by atoms with Gasteiger partial charge in [0.1, 0.15) is 11.5 Å². The maximum atomic E-state index is 12.7. The van der Waals surface area contributed by atoms with Gasteiger partial charge in [0.2, 0.25) is 5.91 Å². The van der Waals surface area contributed by atoms with E-state index in [1.807, 2.05) is 59.5 Å². The molecule has 2 heterocycles. The second-order valence-corrected chi connectivity index (χ2v) is 7.39. The topological polar surface area (TPSA) is 77.7 Å². The number of methoxy groups -OCH3 is 2. The normalized spacial score (nSPS) is 16.5. The molecule has 0 bridgehead atoms. The Labute approximate surface area is 181 Å². The molecule has 1 aliphatic rings. The Morgan fingerprint density at radius 1 is 1.13 bits per heavy atom. The summed E-state index contributed by atoms with van der Waals surface area (Å²) in [4.78, 5) is 19.1. The summed E-state index contributed by atoms with van der Waals surface area (Å²) in [7, 11) is 3.24. The van der Waals surface area contributed by atoms with Crippen LogP contribution in [0.5, 0.6) is 11.5 Å². The molecule has 0 aliphatic carbocycles. The highest BCUT2D eigenvalue weighted by Gasteiger charge is 2.27. The molecule has 1 aromatic heterocycles. The molecule has 1 saturated heterocycles. The van der Waals surface area contributed by atoms with Crippen molar-refractivity contribution in [2.45, 2.75) is 18.8 Å². The number of rotatable bonds is 6. The Hall–Kier alpha value is -3.61. The number of benzene rings is 2. The first-order valence-corrected chi connectivity index (χ1v) is 10.3. The summed E-state index contributed by atoms with van der Waals surface area (Å²) < 4.78 is 16.0. The summed E-state index contributed by atoms with van der Waals surface area (Å²) in [5, 5.41) is 4.19. The number of carbonyl (C=O) groups excluding carboxylic acids is 1. The SMILES string of the molecule is COc1ccc(C=CC(=O)N2CCCC(c3noc(-c4ccccc4OC)n3)C2)cc1. The van der Waals surface area contributed by atoms with Crippen LogP contribution < -0.4 is 9.47 Å². The van der Waals surface area contributed by atoms with Crippen molar-refractivity contribution in [3.05, 3.63) is 66.0 Å². The predicted octanol–water partition coefficient (Wildman–Crippen LogP) is 4.17. The van der Waals surface area contributed by atoms with Gasteiger partial charge in [-0.25, -0.2) is 0 Å². The fourth-order valence-corrected chi connectivity index (χ4v) is 3.71. The third-order valence-electron chi connectivity index (χ3n) is 5.41. The molecule has 1 unspecified atom stereocenters. The number of amides is 1. The standard InChI is InChI=1S/C24H25N3O4/c1-29-19-12-9-17(10-13-19)11-14-22(28)27-15-5-6-18(16-27)23-25-24(31-26-23)20-7-3-4-8-21(20)30-2/h3-4,7-14,18H,5-6,15-16H2,1-2H3. The molecule has 4 rings (SSSR count). The number of carbonyl (C=O) groups is 1. The number of hydrogen-bond donors (Lipinski definition) is 0. The molecule has 0 radical (unpaired) electrons. The molecule has 0 saturated carbocycles. The zero-order valence-electron chi connectivity index (χ0n) is 17.7. The third kappa shape index (κ3) is 4.77. The second kappa shape index (κ2) is 9.47. The predicted molar refractivity (Wildman–Crippen MR) is 117 cm³/mol. The third-order valence-corrected chi connectivity index (χ3v) is 5.41. The van der Waals surface area contributed by atoms with Gasteiger partial charge in [-0.3, -0.25) is 4.79 Å². The fourth-order valence-electron chi connectivity index (χ4n) is 3.71. The molecule has 1 aliphatic heterocycles. The average molecular weight is 419 g/mol. The lowest BCUT2D eigenvalue weighted by Crippen LogP contribution is -2.38. The Kier molecular flexibility index (Phi) is 6.31. The van der Waals surface area contributed by atoms with E-state index in [9.17, 15) is 4.79 Å². The molecule has 7 heteroatoms. The van der Waals surface area contributed by atoms with Gasteiger partial charge >= 0.3 is 0 Å². The lowest BCUT2D eigenvalue weighted by molar-refractivity contribution is -0.127. The summed E-state index contributed by atoms with van der Waals surface area (Å²) in [6.07, 6.45) is 5.24. The maximum absolute atomic E-state index is 12.7. The van der Waals surface area contributed by atoms with Crippen LogP contribution in [0.2, 0.25) is 0 Å².